The van der Waals surface area contributed by atoms with Crippen molar-refractivity contribution in [2.24, 2.45) is 0 Å². The largest absolute Gasteiger partial charge is 0.375 e. The van der Waals surface area contributed by atoms with Gasteiger partial charge in [-0.15, -0.1) is 0 Å². The van der Waals surface area contributed by atoms with Crippen molar-refractivity contribution in [3.8, 4) is 0 Å². The van der Waals surface area contributed by atoms with Gasteiger partial charge in [0.05, 0.1) is 13.2 Å². The monoisotopic (exact) mass is 240 g/mol. The summed E-state index contributed by atoms with van der Waals surface area (Å²) >= 11 is 5.71. The van der Waals surface area contributed by atoms with Crippen LogP contribution < -0.4 is 5.32 Å². The van der Waals surface area contributed by atoms with E-state index >= 15 is 0 Å². The lowest BCUT2D eigenvalue weighted by Gasteiger charge is -2.23. The first kappa shape index (κ1) is 11.8. The molecule has 1 aromatic rings. The zero-order chi connectivity index (χ0) is 11.2. The molecule has 1 fully saturated rings. The van der Waals surface area contributed by atoms with Gasteiger partial charge in [0.2, 0.25) is 0 Å². The van der Waals surface area contributed by atoms with E-state index in [2.05, 4.69) is 10.3 Å². The lowest BCUT2D eigenvalue weighted by Crippen LogP contribution is -2.37. The number of nitrogens with zero attached hydrogens (tertiary/aromatic N) is 1. The number of piperidine rings is 1. The predicted octanol–water partition coefficient (Wildman–Crippen LogP) is 2.39. The second-order valence-electron chi connectivity index (χ2n) is 4.15. The highest BCUT2D eigenvalue weighted by Crippen LogP contribution is 2.09. The zero-order valence-electron chi connectivity index (χ0n) is 9.29. The number of pyridine rings is 1. The molecule has 0 aliphatic carbocycles. The Morgan fingerprint density at radius 2 is 2.38 bits per heavy atom. The fraction of sp³-hybridized carbons (Fsp3) is 0.583. The van der Waals surface area contributed by atoms with Crippen molar-refractivity contribution >= 4 is 11.6 Å². The zero-order valence-corrected chi connectivity index (χ0v) is 10.0. The summed E-state index contributed by atoms with van der Waals surface area (Å²) < 4.78 is 5.65. The van der Waals surface area contributed by atoms with E-state index in [9.17, 15) is 0 Å². The lowest BCUT2D eigenvalue weighted by molar-refractivity contribution is 0.0910. The molecule has 88 valence electrons. The summed E-state index contributed by atoms with van der Waals surface area (Å²) in [7, 11) is 0. The molecule has 1 aliphatic rings. The standard InChI is InChI=1S/C12H17ClN2O/c13-12-5-4-10(7-15-12)8-16-9-11-3-1-2-6-14-11/h4-5,7,11,14H,1-3,6,8-9H2. The molecule has 0 amide bonds. The van der Waals surface area contributed by atoms with E-state index in [1.165, 1.54) is 19.3 Å². The van der Waals surface area contributed by atoms with Crippen LogP contribution in [0, 0.1) is 0 Å². The number of nitrogens with one attached hydrogen (secondary N) is 1. The Hall–Kier alpha value is -0.640. The molecule has 2 rings (SSSR count). The summed E-state index contributed by atoms with van der Waals surface area (Å²) in [5, 5.41) is 3.98. The van der Waals surface area contributed by atoms with Crippen LogP contribution in [-0.4, -0.2) is 24.2 Å². The summed E-state index contributed by atoms with van der Waals surface area (Å²) in [6.45, 7) is 2.52. The van der Waals surface area contributed by atoms with Crippen LogP contribution in [0.2, 0.25) is 5.15 Å². The Morgan fingerprint density at radius 3 is 3.06 bits per heavy atom. The molecule has 1 saturated heterocycles. The highest BCUT2D eigenvalue weighted by molar-refractivity contribution is 6.29. The molecule has 0 radical (unpaired) electrons. The van der Waals surface area contributed by atoms with Crippen LogP contribution in [0.15, 0.2) is 18.3 Å². The molecule has 0 bridgehead atoms. The van der Waals surface area contributed by atoms with Gasteiger partial charge in [-0.25, -0.2) is 4.98 Å². The summed E-state index contributed by atoms with van der Waals surface area (Å²) in [4.78, 5) is 4.01. The third-order valence-corrected chi connectivity index (χ3v) is 3.01. The average molecular weight is 241 g/mol. The van der Waals surface area contributed by atoms with Gasteiger partial charge < -0.3 is 10.1 Å². The minimum Gasteiger partial charge on any atom is -0.375 e. The van der Waals surface area contributed by atoms with Crippen LogP contribution >= 0.6 is 11.6 Å². The van der Waals surface area contributed by atoms with Gasteiger partial charge in [-0.05, 0) is 31.0 Å². The second kappa shape index (κ2) is 6.18. The topological polar surface area (TPSA) is 34.1 Å². The van der Waals surface area contributed by atoms with Crippen molar-refractivity contribution < 1.29 is 4.74 Å². The van der Waals surface area contributed by atoms with Crippen LogP contribution in [-0.2, 0) is 11.3 Å². The molecule has 1 N–H and O–H groups in total. The minimum atomic E-state index is 0.522. The fourth-order valence-electron chi connectivity index (χ4n) is 1.88. The van der Waals surface area contributed by atoms with Crippen LogP contribution in [0.4, 0.5) is 0 Å². The maximum atomic E-state index is 5.71. The van der Waals surface area contributed by atoms with Crippen molar-refractivity contribution in [3.05, 3.63) is 29.0 Å². The number of halogens is 1. The molecular formula is C12H17ClN2O. The summed E-state index contributed by atoms with van der Waals surface area (Å²) in [6, 6.07) is 4.26. The summed E-state index contributed by atoms with van der Waals surface area (Å²) in [5.41, 5.74) is 1.07. The van der Waals surface area contributed by atoms with E-state index < -0.39 is 0 Å². The van der Waals surface area contributed by atoms with Crippen LogP contribution in [0.5, 0.6) is 0 Å². The van der Waals surface area contributed by atoms with E-state index in [0.29, 0.717) is 17.8 Å². The van der Waals surface area contributed by atoms with E-state index in [1.807, 2.05) is 6.07 Å². The highest BCUT2D eigenvalue weighted by atomic mass is 35.5. The number of hydrogen-bond acceptors (Lipinski definition) is 3. The van der Waals surface area contributed by atoms with E-state index in [-0.39, 0.29) is 0 Å². The van der Waals surface area contributed by atoms with Gasteiger partial charge in [0.1, 0.15) is 5.15 Å². The molecule has 1 aromatic heterocycles. The number of aromatic nitrogens is 1. The van der Waals surface area contributed by atoms with E-state index in [4.69, 9.17) is 16.3 Å². The average Bonchev–Trinajstić information content (AvgIpc) is 2.33. The van der Waals surface area contributed by atoms with Crippen molar-refractivity contribution in [1.29, 1.82) is 0 Å². The number of ether oxygens (including phenoxy) is 1. The molecular weight excluding hydrogens is 224 g/mol. The SMILES string of the molecule is Clc1ccc(COCC2CCCCN2)cn1. The molecule has 1 aliphatic heterocycles. The van der Waals surface area contributed by atoms with Gasteiger partial charge >= 0.3 is 0 Å². The quantitative estimate of drug-likeness (QED) is 0.821. The second-order valence-corrected chi connectivity index (χ2v) is 4.54. The highest BCUT2D eigenvalue weighted by Gasteiger charge is 2.11. The third kappa shape index (κ3) is 3.74. The summed E-state index contributed by atoms with van der Waals surface area (Å²) in [5.74, 6) is 0. The van der Waals surface area contributed by atoms with Crippen LogP contribution in [0.25, 0.3) is 0 Å². The molecule has 1 unspecified atom stereocenters. The molecule has 0 aromatic carbocycles. The molecule has 3 nitrogen and oxygen atoms in total. The van der Waals surface area contributed by atoms with Crippen molar-refractivity contribution in [2.45, 2.75) is 31.9 Å². The molecule has 0 spiro atoms. The normalized spacial score (nSPS) is 20.9. The number of rotatable bonds is 4. The van der Waals surface area contributed by atoms with Gasteiger partial charge in [0.15, 0.2) is 0 Å². The Balaban J connectivity index is 1.69. The summed E-state index contributed by atoms with van der Waals surface area (Å²) in [6.07, 6.45) is 5.58. The molecule has 4 heteroatoms. The van der Waals surface area contributed by atoms with Gasteiger partial charge in [0, 0.05) is 12.2 Å². The molecule has 1 atom stereocenters. The number of hydrogen-bond donors (Lipinski definition) is 1. The van der Waals surface area contributed by atoms with Crippen LogP contribution in [0.3, 0.4) is 0 Å². The molecule has 2 heterocycles. The fourth-order valence-corrected chi connectivity index (χ4v) is 1.99. The van der Waals surface area contributed by atoms with Gasteiger partial charge in [-0.3, -0.25) is 0 Å². The smallest absolute Gasteiger partial charge is 0.129 e. The van der Waals surface area contributed by atoms with Gasteiger partial charge in [-0.2, -0.15) is 0 Å². The first-order valence-electron chi connectivity index (χ1n) is 5.76. The van der Waals surface area contributed by atoms with Crippen LogP contribution in [0.1, 0.15) is 24.8 Å². The minimum absolute atomic E-state index is 0.522. The first-order chi connectivity index (χ1) is 7.84. The Kier molecular flexibility index (Phi) is 4.57. The first-order valence-corrected chi connectivity index (χ1v) is 6.14. The maximum absolute atomic E-state index is 5.71. The van der Waals surface area contributed by atoms with Crippen molar-refractivity contribution in [3.63, 3.8) is 0 Å². The van der Waals surface area contributed by atoms with E-state index in [0.717, 1.165) is 18.7 Å². The molecule has 0 saturated carbocycles. The lowest BCUT2D eigenvalue weighted by atomic mass is 10.1. The Labute approximate surface area is 101 Å². The Bertz CT molecular complexity index is 309. The van der Waals surface area contributed by atoms with Gasteiger partial charge in [0.25, 0.3) is 0 Å². The van der Waals surface area contributed by atoms with Gasteiger partial charge in [-0.1, -0.05) is 24.1 Å². The predicted molar refractivity (Wildman–Crippen MR) is 64.5 cm³/mol. The van der Waals surface area contributed by atoms with Crippen molar-refractivity contribution in [2.75, 3.05) is 13.2 Å². The maximum Gasteiger partial charge on any atom is 0.129 e. The Morgan fingerprint density at radius 1 is 1.44 bits per heavy atom. The third-order valence-electron chi connectivity index (χ3n) is 2.79. The van der Waals surface area contributed by atoms with Crippen molar-refractivity contribution in [1.82, 2.24) is 10.3 Å². The molecule has 16 heavy (non-hydrogen) atoms. The van der Waals surface area contributed by atoms with E-state index in [1.54, 1.807) is 12.3 Å².